The molecule has 0 amide bonds. The van der Waals surface area contributed by atoms with Crippen molar-refractivity contribution < 1.29 is 0 Å². The monoisotopic (exact) mass is 386 g/mol. The van der Waals surface area contributed by atoms with Crippen LogP contribution in [0.3, 0.4) is 0 Å². The van der Waals surface area contributed by atoms with Gasteiger partial charge in [0, 0.05) is 41.6 Å². The van der Waals surface area contributed by atoms with Crippen molar-refractivity contribution in [2.45, 2.75) is 33.1 Å². The summed E-state index contributed by atoms with van der Waals surface area (Å²) < 4.78 is 0. The van der Waals surface area contributed by atoms with E-state index in [0.29, 0.717) is 5.88 Å². The van der Waals surface area contributed by atoms with Crippen LogP contribution in [0.1, 0.15) is 37.0 Å². The van der Waals surface area contributed by atoms with Gasteiger partial charge in [0.2, 0.25) is 0 Å². The molecule has 0 saturated heterocycles. The Balaban J connectivity index is 2.08. The van der Waals surface area contributed by atoms with Crippen LogP contribution in [0.4, 0.5) is 0 Å². The smallest absolute Gasteiger partial charge is 0.0495 e. The van der Waals surface area contributed by atoms with Gasteiger partial charge in [-0.15, -0.1) is 11.6 Å². The molecule has 0 spiro atoms. The van der Waals surface area contributed by atoms with Gasteiger partial charge in [0.1, 0.15) is 0 Å². The van der Waals surface area contributed by atoms with Gasteiger partial charge < -0.3 is 10.3 Å². The molecular weight excluding hydrogens is 360 g/mol. The van der Waals surface area contributed by atoms with Gasteiger partial charge in [-0.3, -0.25) is 0 Å². The van der Waals surface area contributed by atoms with Crippen molar-refractivity contribution in [2.75, 3.05) is 6.54 Å². The van der Waals surface area contributed by atoms with Gasteiger partial charge in [0.15, 0.2) is 0 Å². The lowest BCUT2D eigenvalue weighted by Gasteiger charge is -2.14. The molecular formula is C22H27ClN2S. The van der Waals surface area contributed by atoms with E-state index in [1.165, 1.54) is 16.7 Å². The normalized spacial score (nSPS) is 12.3. The predicted octanol–water partition coefficient (Wildman–Crippen LogP) is 6.46. The second kappa shape index (κ2) is 9.75. The molecule has 0 aliphatic rings. The summed E-state index contributed by atoms with van der Waals surface area (Å²) in [7, 11) is 0. The lowest BCUT2D eigenvalue weighted by molar-refractivity contribution is 0.865. The SMILES string of the molecule is C=C(NCC/C=C(C)\C(C)=C/S)c1cc(-c2c[nH]cc2CCl)ccc1C. The van der Waals surface area contributed by atoms with Crippen molar-refractivity contribution in [2.24, 2.45) is 0 Å². The summed E-state index contributed by atoms with van der Waals surface area (Å²) >= 11 is 10.2. The molecule has 1 aromatic heterocycles. The number of hydrogen-bond acceptors (Lipinski definition) is 2. The Morgan fingerprint density at radius 2 is 2.04 bits per heavy atom. The van der Waals surface area contributed by atoms with Crippen LogP contribution >= 0.6 is 24.2 Å². The maximum absolute atomic E-state index is 6.04. The third-order valence-electron chi connectivity index (χ3n) is 4.60. The number of rotatable bonds is 8. The molecule has 0 atom stereocenters. The summed E-state index contributed by atoms with van der Waals surface area (Å²) in [6.45, 7) is 11.4. The van der Waals surface area contributed by atoms with Gasteiger partial charge in [0.05, 0.1) is 0 Å². The molecule has 2 aromatic rings. The Morgan fingerprint density at radius 3 is 2.73 bits per heavy atom. The van der Waals surface area contributed by atoms with E-state index in [2.05, 4.69) is 74.6 Å². The van der Waals surface area contributed by atoms with Crippen LogP contribution in [0.25, 0.3) is 16.8 Å². The first-order chi connectivity index (χ1) is 12.5. The summed E-state index contributed by atoms with van der Waals surface area (Å²) in [4.78, 5) is 3.14. The minimum Gasteiger partial charge on any atom is -0.385 e. The lowest BCUT2D eigenvalue weighted by Crippen LogP contribution is -2.13. The maximum Gasteiger partial charge on any atom is 0.0495 e. The first-order valence-electron chi connectivity index (χ1n) is 8.71. The van der Waals surface area contributed by atoms with Crippen LogP contribution in [-0.4, -0.2) is 11.5 Å². The number of aromatic amines is 1. The second-order valence-electron chi connectivity index (χ2n) is 6.45. The first-order valence-corrected chi connectivity index (χ1v) is 9.77. The number of benzene rings is 1. The fourth-order valence-electron chi connectivity index (χ4n) is 2.76. The Labute approximate surface area is 167 Å². The molecule has 26 heavy (non-hydrogen) atoms. The third-order valence-corrected chi connectivity index (χ3v) is 5.27. The van der Waals surface area contributed by atoms with Gasteiger partial charge >= 0.3 is 0 Å². The highest BCUT2D eigenvalue weighted by Gasteiger charge is 2.09. The fourth-order valence-corrected chi connectivity index (χ4v) is 3.18. The van der Waals surface area contributed by atoms with E-state index in [4.69, 9.17) is 11.6 Å². The molecule has 0 aliphatic heterocycles. The second-order valence-corrected chi connectivity index (χ2v) is 6.98. The Hall–Kier alpha value is -1.84. The molecule has 4 heteroatoms. The molecule has 0 radical (unpaired) electrons. The zero-order chi connectivity index (χ0) is 19.1. The van der Waals surface area contributed by atoms with Crippen molar-refractivity contribution >= 4 is 29.9 Å². The molecule has 2 rings (SSSR count). The summed E-state index contributed by atoms with van der Waals surface area (Å²) in [6, 6.07) is 6.44. The van der Waals surface area contributed by atoms with E-state index in [9.17, 15) is 0 Å². The number of aryl methyl sites for hydroxylation is 1. The number of alkyl halides is 1. The van der Waals surface area contributed by atoms with Crippen molar-refractivity contribution in [3.05, 3.63) is 76.5 Å². The van der Waals surface area contributed by atoms with Crippen LogP contribution in [0.15, 0.2) is 59.8 Å². The largest absolute Gasteiger partial charge is 0.385 e. The number of nitrogens with one attached hydrogen (secondary N) is 2. The number of thiol groups is 1. The molecule has 0 aliphatic carbocycles. The summed E-state index contributed by atoms with van der Waals surface area (Å²) in [5.74, 6) is 0.493. The molecule has 0 bridgehead atoms. The number of H-pyrrole nitrogens is 1. The molecule has 0 unspecified atom stereocenters. The predicted molar refractivity (Wildman–Crippen MR) is 119 cm³/mol. The fraction of sp³-hybridized carbons (Fsp3) is 0.273. The number of allylic oxidation sites excluding steroid dienone is 2. The molecule has 138 valence electrons. The van der Waals surface area contributed by atoms with Crippen molar-refractivity contribution in [3.63, 3.8) is 0 Å². The molecule has 1 aromatic carbocycles. The topological polar surface area (TPSA) is 27.8 Å². The summed E-state index contributed by atoms with van der Waals surface area (Å²) in [5, 5.41) is 5.28. The standard InChI is InChI=1S/C22H27ClN2S/c1-15(17(3)14-26)6-5-9-25-18(4)21-10-19(8-7-16(21)2)22-13-24-12-20(22)11-23/h6-8,10,12-14,24-26H,4-5,9,11H2,1-3H3/b15-6-,17-14-. The van der Waals surface area contributed by atoms with Gasteiger partial charge in [-0.05, 0) is 60.9 Å². The van der Waals surface area contributed by atoms with Crippen LogP contribution in [0, 0.1) is 6.92 Å². The average Bonchev–Trinajstić information content (AvgIpc) is 3.13. The Bertz CT molecular complexity index is 830. The molecule has 2 nitrogen and oxygen atoms in total. The van der Waals surface area contributed by atoms with E-state index >= 15 is 0 Å². The van der Waals surface area contributed by atoms with E-state index in [0.717, 1.165) is 40.9 Å². The average molecular weight is 387 g/mol. The highest BCUT2D eigenvalue weighted by atomic mass is 35.5. The third kappa shape index (κ3) is 5.09. The Kier molecular flexibility index (Phi) is 7.67. The van der Waals surface area contributed by atoms with Gasteiger partial charge in [-0.1, -0.05) is 30.4 Å². The van der Waals surface area contributed by atoms with Gasteiger partial charge in [-0.2, -0.15) is 12.6 Å². The number of aromatic nitrogens is 1. The summed E-state index contributed by atoms with van der Waals surface area (Å²) in [5.41, 5.74) is 9.13. The van der Waals surface area contributed by atoms with Crippen LogP contribution in [-0.2, 0) is 5.88 Å². The first kappa shape index (κ1) is 20.5. The van der Waals surface area contributed by atoms with E-state index < -0.39 is 0 Å². The zero-order valence-corrected chi connectivity index (χ0v) is 17.3. The maximum atomic E-state index is 6.04. The van der Waals surface area contributed by atoms with E-state index in [1.54, 1.807) is 0 Å². The van der Waals surface area contributed by atoms with Crippen molar-refractivity contribution in [1.29, 1.82) is 0 Å². The molecule has 2 N–H and O–H groups in total. The number of halogens is 1. The van der Waals surface area contributed by atoms with Crippen LogP contribution in [0.2, 0.25) is 0 Å². The highest BCUT2D eigenvalue weighted by Crippen LogP contribution is 2.28. The quantitative estimate of drug-likeness (QED) is 0.206. The minimum absolute atomic E-state index is 0.493. The molecule has 0 saturated carbocycles. The van der Waals surface area contributed by atoms with Crippen LogP contribution in [0.5, 0.6) is 0 Å². The van der Waals surface area contributed by atoms with Crippen molar-refractivity contribution in [3.8, 4) is 11.1 Å². The van der Waals surface area contributed by atoms with Gasteiger partial charge in [-0.25, -0.2) is 0 Å². The van der Waals surface area contributed by atoms with Crippen LogP contribution < -0.4 is 5.32 Å². The number of hydrogen-bond donors (Lipinski definition) is 3. The zero-order valence-electron chi connectivity index (χ0n) is 15.7. The lowest BCUT2D eigenvalue weighted by atomic mass is 9.98. The molecule has 1 heterocycles. The summed E-state index contributed by atoms with van der Waals surface area (Å²) in [6.07, 6.45) is 7.10. The van der Waals surface area contributed by atoms with E-state index in [1.807, 2.05) is 17.8 Å². The molecule has 0 fully saturated rings. The van der Waals surface area contributed by atoms with E-state index in [-0.39, 0.29) is 0 Å². The highest BCUT2D eigenvalue weighted by molar-refractivity contribution is 7.83. The Morgan fingerprint density at radius 1 is 1.27 bits per heavy atom. The van der Waals surface area contributed by atoms with Crippen molar-refractivity contribution in [1.82, 2.24) is 10.3 Å². The minimum atomic E-state index is 0.493. The van der Waals surface area contributed by atoms with Gasteiger partial charge in [0.25, 0.3) is 0 Å².